The smallest absolute Gasteiger partial charge is 0.447 e. The molecular formula is C19H14Cl2F9N5O2. The van der Waals surface area contributed by atoms with E-state index >= 15 is 0 Å². The van der Waals surface area contributed by atoms with Crippen molar-refractivity contribution in [2.24, 2.45) is 10.9 Å². The lowest BCUT2D eigenvalue weighted by Crippen LogP contribution is -2.49. The number of carbonyl (C=O) groups is 1. The Morgan fingerprint density at radius 3 is 2.03 bits per heavy atom. The number of carbonyl (C=O) groups excluding carboxylic acids is 1. The van der Waals surface area contributed by atoms with Crippen LogP contribution in [0.2, 0.25) is 10.0 Å². The van der Waals surface area contributed by atoms with E-state index in [1.54, 1.807) is 0 Å². The molecule has 1 aromatic rings. The number of anilines is 1. The van der Waals surface area contributed by atoms with E-state index in [-0.39, 0.29) is 0 Å². The van der Waals surface area contributed by atoms with Gasteiger partial charge in [0.2, 0.25) is 5.84 Å². The minimum absolute atomic E-state index is 0.359. The van der Waals surface area contributed by atoms with Gasteiger partial charge in [-0.2, -0.15) is 39.5 Å². The molecule has 7 nitrogen and oxygen atoms in total. The molecule has 204 valence electrons. The van der Waals surface area contributed by atoms with Crippen molar-refractivity contribution in [2.75, 3.05) is 11.7 Å². The SMILES string of the molecule is CC(C)C(=O)OCN1C2N=C(C(F)(F)F)NC(C(F)(F)F)=C2C(=N)N1c1c(Cl)cc(C(F)(F)F)cc1Cl. The van der Waals surface area contributed by atoms with E-state index in [0.717, 1.165) is 5.32 Å². The molecule has 0 bridgehead atoms. The largest absolute Gasteiger partial charge is 0.449 e. The number of aliphatic imine (C=N–C) groups is 1. The summed E-state index contributed by atoms with van der Waals surface area (Å²) < 4.78 is 126. The van der Waals surface area contributed by atoms with E-state index in [1.165, 1.54) is 13.8 Å². The summed E-state index contributed by atoms with van der Waals surface area (Å²) in [7, 11) is 0. The number of rotatable bonds is 4. The monoisotopic (exact) mass is 585 g/mol. The van der Waals surface area contributed by atoms with Gasteiger partial charge in [0.15, 0.2) is 12.9 Å². The third-order valence-electron chi connectivity index (χ3n) is 4.95. The molecule has 1 saturated heterocycles. The third kappa shape index (κ3) is 5.60. The first-order valence-electron chi connectivity index (χ1n) is 9.87. The Labute approximate surface area is 211 Å². The van der Waals surface area contributed by atoms with Crippen LogP contribution in [0.3, 0.4) is 0 Å². The first-order chi connectivity index (χ1) is 16.7. The summed E-state index contributed by atoms with van der Waals surface area (Å²) in [5.74, 6) is -4.97. The molecule has 3 rings (SSSR count). The first kappa shape index (κ1) is 28.8. The summed E-state index contributed by atoms with van der Waals surface area (Å²) >= 11 is 11.9. The average molecular weight is 586 g/mol. The summed E-state index contributed by atoms with van der Waals surface area (Å²) in [6.07, 6.45) is -18.1. The number of esters is 1. The lowest BCUT2D eigenvalue weighted by atomic mass is 10.1. The Hall–Kier alpha value is -2.72. The normalized spacial score (nSPS) is 19.3. The third-order valence-corrected chi connectivity index (χ3v) is 5.52. The van der Waals surface area contributed by atoms with Crippen molar-refractivity contribution in [1.29, 1.82) is 5.41 Å². The minimum atomic E-state index is -5.46. The quantitative estimate of drug-likeness (QED) is 0.340. The highest BCUT2D eigenvalue weighted by molar-refractivity contribution is 6.40. The molecule has 1 atom stereocenters. The maximum atomic E-state index is 13.8. The molecule has 2 heterocycles. The van der Waals surface area contributed by atoms with Crippen LogP contribution in [0, 0.1) is 11.3 Å². The lowest BCUT2D eigenvalue weighted by Gasteiger charge is -2.32. The van der Waals surface area contributed by atoms with Crippen molar-refractivity contribution in [2.45, 2.75) is 38.5 Å². The number of fused-ring (bicyclic) bond motifs is 1. The van der Waals surface area contributed by atoms with Crippen molar-refractivity contribution >= 4 is 46.5 Å². The fourth-order valence-corrected chi connectivity index (χ4v) is 3.95. The molecule has 1 aromatic carbocycles. The van der Waals surface area contributed by atoms with Gasteiger partial charge >= 0.3 is 24.5 Å². The fraction of sp³-hybridized carbons (Fsp3) is 0.421. The minimum Gasteiger partial charge on any atom is -0.447 e. The second kappa shape index (κ2) is 9.54. The standard InChI is InChI=1S/C19H14Cl2F9N5O2/c1-6(2)15(36)37-5-34-14-10(12(18(25,26)27)32-16(33-14)19(28,29)30)13(31)35(34)11-8(20)3-7(4-9(11)21)17(22,23)24/h3-4,6,14,31H,5H2,1-2H3,(H,32,33). The van der Waals surface area contributed by atoms with Gasteiger partial charge in [0.1, 0.15) is 11.5 Å². The number of hydrogen-bond donors (Lipinski definition) is 2. The topological polar surface area (TPSA) is 81.0 Å². The lowest BCUT2D eigenvalue weighted by molar-refractivity contribution is -0.152. The van der Waals surface area contributed by atoms with Crippen LogP contribution < -0.4 is 10.3 Å². The van der Waals surface area contributed by atoms with E-state index in [0.29, 0.717) is 22.2 Å². The van der Waals surface area contributed by atoms with Crippen LogP contribution in [-0.2, 0) is 15.7 Å². The summed E-state index contributed by atoms with van der Waals surface area (Å²) in [5.41, 5.74) is -5.18. The molecule has 2 N–H and O–H groups in total. The van der Waals surface area contributed by atoms with Gasteiger partial charge in [-0.05, 0) is 12.1 Å². The highest BCUT2D eigenvalue weighted by Gasteiger charge is 2.55. The van der Waals surface area contributed by atoms with Gasteiger partial charge in [-0.3, -0.25) is 10.2 Å². The molecule has 18 heteroatoms. The Kier molecular flexibility index (Phi) is 7.44. The van der Waals surface area contributed by atoms with Crippen LogP contribution in [0.25, 0.3) is 0 Å². The number of nitrogens with zero attached hydrogens (tertiary/aromatic N) is 3. The Balaban J connectivity index is 2.26. The second-order valence-corrected chi connectivity index (χ2v) is 8.71. The number of amidine groups is 2. The molecule has 0 aromatic heterocycles. The van der Waals surface area contributed by atoms with E-state index in [4.69, 9.17) is 33.3 Å². The summed E-state index contributed by atoms with van der Waals surface area (Å²) in [4.78, 5) is 15.2. The number of alkyl halides is 9. The molecule has 0 amide bonds. The van der Waals surface area contributed by atoms with E-state index in [2.05, 4.69) is 4.99 Å². The fourth-order valence-electron chi connectivity index (χ4n) is 3.31. The van der Waals surface area contributed by atoms with Gasteiger partial charge in [-0.15, -0.1) is 5.01 Å². The number of hydrazine groups is 1. The van der Waals surface area contributed by atoms with Crippen molar-refractivity contribution in [1.82, 2.24) is 10.3 Å². The van der Waals surface area contributed by atoms with Gasteiger partial charge in [0.25, 0.3) is 0 Å². The maximum absolute atomic E-state index is 13.8. The summed E-state index contributed by atoms with van der Waals surface area (Å²) in [5, 5.41) is 8.72. The van der Waals surface area contributed by atoms with Crippen molar-refractivity contribution in [3.05, 3.63) is 39.0 Å². The molecular weight excluding hydrogens is 572 g/mol. The van der Waals surface area contributed by atoms with Crippen LogP contribution in [0.15, 0.2) is 28.4 Å². The van der Waals surface area contributed by atoms with Gasteiger partial charge in [-0.1, -0.05) is 37.0 Å². The number of nitrogens with one attached hydrogen (secondary N) is 2. The number of allylic oxidation sites excluding steroid dienone is 1. The predicted octanol–water partition coefficient (Wildman–Crippen LogP) is 5.89. The number of hydrogen-bond acceptors (Lipinski definition) is 6. The molecule has 0 saturated carbocycles. The molecule has 1 fully saturated rings. The zero-order valence-corrected chi connectivity index (χ0v) is 19.8. The summed E-state index contributed by atoms with van der Waals surface area (Å²) in [6, 6.07) is 0.718. The van der Waals surface area contributed by atoms with Gasteiger partial charge in [0, 0.05) is 0 Å². The van der Waals surface area contributed by atoms with E-state index in [1.807, 2.05) is 0 Å². The highest BCUT2D eigenvalue weighted by atomic mass is 35.5. The number of halogens is 11. The highest BCUT2D eigenvalue weighted by Crippen LogP contribution is 2.46. The van der Waals surface area contributed by atoms with Gasteiger partial charge < -0.3 is 10.1 Å². The molecule has 2 aliphatic rings. The second-order valence-electron chi connectivity index (χ2n) is 7.89. The van der Waals surface area contributed by atoms with Crippen molar-refractivity contribution in [3.8, 4) is 0 Å². The van der Waals surface area contributed by atoms with Crippen molar-refractivity contribution < 1.29 is 49.0 Å². The molecule has 0 spiro atoms. The average Bonchev–Trinajstić information content (AvgIpc) is 3.00. The predicted molar refractivity (Wildman–Crippen MR) is 113 cm³/mol. The van der Waals surface area contributed by atoms with Gasteiger partial charge in [-0.25, -0.2) is 10.0 Å². The Morgan fingerprint density at radius 2 is 1.59 bits per heavy atom. The molecule has 2 aliphatic heterocycles. The number of benzene rings is 1. The molecule has 1 unspecified atom stereocenters. The van der Waals surface area contributed by atoms with Crippen LogP contribution in [0.5, 0.6) is 0 Å². The van der Waals surface area contributed by atoms with Crippen LogP contribution in [-0.4, -0.2) is 47.9 Å². The Morgan fingerprint density at radius 1 is 1.05 bits per heavy atom. The van der Waals surface area contributed by atoms with Crippen LogP contribution >= 0.6 is 23.2 Å². The number of ether oxygens (including phenoxy) is 1. The van der Waals surface area contributed by atoms with Crippen molar-refractivity contribution in [3.63, 3.8) is 0 Å². The van der Waals surface area contributed by atoms with E-state index < -0.39 is 87.6 Å². The first-order valence-corrected chi connectivity index (χ1v) is 10.6. The van der Waals surface area contributed by atoms with Crippen LogP contribution in [0.1, 0.15) is 19.4 Å². The maximum Gasteiger partial charge on any atom is 0.449 e. The Bertz CT molecular complexity index is 1170. The molecule has 0 aliphatic carbocycles. The zero-order chi connectivity index (χ0) is 28.2. The van der Waals surface area contributed by atoms with Crippen LogP contribution in [0.4, 0.5) is 45.2 Å². The zero-order valence-electron chi connectivity index (χ0n) is 18.3. The van der Waals surface area contributed by atoms with Gasteiger partial charge in [0.05, 0.1) is 32.8 Å². The molecule has 0 radical (unpaired) electrons. The van der Waals surface area contributed by atoms with E-state index in [9.17, 15) is 44.3 Å². The summed E-state index contributed by atoms with van der Waals surface area (Å²) in [6.45, 7) is 1.70. The molecule has 37 heavy (non-hydrogen) atoms.